The summed E-state index contributed by atoms with van der Waals surface area (Å²) in [5.74, 6) is 1.43. The van der Waals surface area contributed by atoms with E-state index in [-0.39, 0.29) is 5.25 Å². The lowest BCUT2D eigenvalue weighted by molar-refractivity contribution is 0.355. The van der Waals surface area contributed by atoms with Gasteiger partial charge in [-0.15, -0.1) is 11.8 Å². The number of ether oxygens (including phenoxy) is 2. The van der Waals surface area contributed by atoms with E-state index >= 15 is 0 Å². The van der Waals surface area contributed by atoms with Gasteiger partial charge >= 0.3 is 0 Å². The molecule has 0 aromatic heterocycles. The summed E-state index contributed by atoms with van der Waals surface area (Å²) in [7, 11) is 3.27. The molecule has 0 saturated heterocycles. The summed E-state index contributed by atoms with van der Waals surface area (Å²) in [5.41, 5.74) is 3.08. The molecular weight excluding hydrogens is 270 g/mol. The number of hydrogen-bond acceptors (Lipinski definition) is 4. The van der Waals surface area contributed by atoms with Crippen LogP contribution in [0.25, 0.3) is 11.1 Å². The van der Waals surface area contributed by atoms with Gasteiger partial charge in [0.15, 0.2) is 11.5 Å². The van der Waals surface area contributed by atoms with Crippen LogP contribution in [0.1, 0.15) is 10.8 Å². The Balaban J connectivity index is 2.32. The Kier molecular flexibility index (Phi) is 3.29. The molecule has 2 aromatic rings. The number of thioether (sulfide) groups is 1. The molecule has 3 nitrogen and oxygen atoms in total. The monoisotopic (exact) mass is 283 g/mol. The van der Waals surface area contributed by atoms with E-state index < -0.39 is 0 Å². The van der Waals surface area contributed by atoms with Crippen molar-refractivity contribution in [3.63, 3.8) is 0 Å². The summed E-state index contributed by atoms with van der Waals surface area (Å²) < 4.78 is 10.9. The summed E-state index contributed by atoms with van der Waals surface area (Å²) in [6, 6.07) is 14.2. The van der Waals surface area contributed by atoms with Crippen LogP contribution in [0, 0.1) is 11.3 Å². The minimum Gasteiger partial charge on any atom is -0.493 e. The minimum absolute atomic E-state index is 0.184. The van der Waals surface area contributed by atoms with Gasteiger partial charge in [0.1, 0.15) is 5.25 Å². The van der Waals surface area contributed by atoms with Crippen molar-refractivity contribution in [2.75, 3.05) is 14.2 Å². The molecule has 1 aliphatic heterocycles. The zero-order valence-corrected chi connectivity index (χ0v) is 12.0. The zero-order chi connectivity index (χ0) is 14.1. The van der Waals surface area contributed by atoms with Crippen LogP contribution in [-0.2, 0) is 0 Å². The smallest absolute Gasteiger partial charge is 0.169 e. The van der Waals surface area contributed by atoms with Gasteiger partial charge < -0.3 is 9.47 Å². The topological polar surface area (TPSA) is 42.2 Å². The minimum atomic E-state index is -0.184. The second kappa shape index (κ2) is 5.10. The number of nitriles is 1. The molecule has 0 aliphatic carbocycles. The molecule has 3 rings (SSSR count). The number of nitrogens with zero attached hydrogens (tertiary/aromatic N) is 1. The van der Waals surface area contributed by atoms with Gasteiger partial charge in [0, 0.05) is 10.5 Å². The van der Waals surface area contributed by atoms with Crippen molar-refractivity contribution in [2.24, 2.45) is 0 Å². The highest BCUT2D eigenvalue weighted by atomic mass is 32.2. The SMILES string of the molecule is COc1ccc2c(c1OC)-c1ccccc1C(C#N)S2. The van der Waals surface area contributed by atoms with Gasteiger partial charge in [0.2, 0.25) is 0 Å². The molecule has 4 heteroatoms. The van der Waals surface area contributed by atoms with Crippen LogP contribution in [0.15, 0.2) is 41.3 Å². The van der Waals surface area contributed by atoms with Gasteiger partial charge in [-0.3, -0.25) is 0 Å². The molecule has 1 aliphatic rings. The summed E-state index contributed by atoms with van der Waals surface area (Å²) in [5, 5.41) is 9.18. The molecule has 0 amide bonds. The van der Waals surface area contributed by atoms with Crippen LogP contribution in [0.3, 0.4) is 0 Å². The Morgan fingerprint density at radius 3 is 2.60 bits per heavy atom. The first-order chi connectivity index (χ1) is 9.80. The predicted octanol–water partition coefficient (Wildman–Crippen LogP) is 4.04. The Hall–Kier alpha value is -2.12. The third-order valence-electron chi connectivity index (χ3n) is 3.38. The lowest BCUT2D eigenvalue weighted by Crippen LogP contribution is -2.04. The van der Waals surface area contributed by atoms with Crippen LogP contribution in [0.5, 0.6) is 11.5 Å². The maximum Gasteiger partial charge on any atom is 0.169 e. The summed E-state index contributed by atoms with van der Waals surface area (Å²) in [6.45, 7) is 0. The number of fused-ring (bicyclic) bond motifs is 3. The van der Waals surface area contributed by atoms with Crippen molar-refractivity contribution in [1.29, 1.82) is 5.26 Å². The highest BCUT2D eigenvalue weighted by Gasteiger charge is 2.28. The third kappa shape index (κ3) is 1.83. The van der Waals surface area contributed by atoms with Crippen LogP contribution in [-0.4, -0.2) is 14.2 Å². The van der Waals surface area contributed by atoms with Gasteiger partial charge in [-0.05, 0) is 23.3 Å². The van der Waals surface area contributed by atoms with Gasteiger partial charge in [-0.25, -0.2) is 0 Å². The second-order valence-corrected chi connectivity index (χ2v) is 5.54. The highest BCUT2D eigenvalue weighted by molar-refractivity contribution is 8.00. The average molecular weight is 283 g/mol. The van der Waals surface area contributed by atoms with Gasteiger partial charge in [-0.2, -0.15) is 5.26 Å². The molecular formula is C16H13NO2S. The molecule has 0 spiro atoms. The van der Waals surface area contributed by atoms with E-state index in [0.717, 1.165) is 27.3 Å². The fraction of sp³-hybridized carbons (Fsp3) is 0.188. The first kappa shape index (κ1) is 12.9. The molecule has 100 valence electrons. The van der Waals surface area contributed by atoms with Crippen molar-refractivity contribution in [3.05, 3.63) is 42.0 Å². The summed E-state index contributed by atoms with van der Waals surface area (Å²) in [6.07, 6.45) is 0. The fourth-order valence-electron chi connectivity index (χ4n) is 2.50. The van der Waals surface area contributed by atoms with Crippen LogP contribution < -0.4 is 9.47 Å². The average Bonchev–Trinajstić information content (AvgIpc) is 2.52. The number of methoxy groups -OCH3 is 2. The molecule has 1 heterocycles. The van der Waals surface area contributed by atoms with Crippen molar-refractivity contribution in [1.82, 2.24) is 0 Å². The van der Waals surface area contributed by atoms with E-state index in [0.29, 0.717) is 5.75 Å². The first-order valence-corrected chi connectivity index (χ1v) is 7.08. The Bertz CT molecular complexity index is 706. The first-order valence-electron chi connectivity index (χ1n) is 6.20. The third-order valence-corrected chi connectivity index (χ3v) is 4.57. The summed E-state index contributed by atoms with van der Waals surface area (Å²) in [4.78, 5) is 1.05. The molecule has 0 bridgehead atoms. The molecule has 0 saturated carbocycles. The maximum absolute atomic E-state index is 9.36. The molecule has 1 unspecified atom stereocenters. The normalized spacial score (nSPS) is 15.8. The zero-order valence-electron chi connectivity index (χ0n) is 11.2. The Morgan fingerprint density at radius 1 is 1.10 bits per heavy atom. The van der Waals surface area contributed by atoms with Crippen LogP contribution in [0.4, 0.5) is 0 Å². The van der Waals surface area contributed by atoms with Crippen LogP contribution in [0.2, 0.25) is 0 Å². The number of benzene rings is 2. The van der Waals surface area contributed by atoms with Gasteiger partial charge in [-0.1, -0.05) is 24.3 Å². The quantitative estimate of drug-likeness (QED) is 0.834. The molecule has 20 heavy (non-hydrogen) atoms. The van der Waals surface area contributed by atoms with Crippen molar-refractivity contribution in [3.8, 4) is 28.7 Å². The van der Waals surface area contributed by atoms with Crippen molar-refractivity contribution < 1.29 is 9.47 Å². The largest absolute Gasteiger partial charge is 0.493 e. The van der Waals surface area contributed by atoms with E-state index in [1.807, 2.05) is 36.4 Å². The highest BCUT2D eigenvalue weighted by Crippen LogP contribution is 2.54. The van der Waals surface area contributed by atoms with Gasteiger partial charge in [0.25, 0.3) is 0 Å². The predicted molar refractivity (Wildman–Crippen MR) is 79.2 cm³/mol. The number of hydrogen-bond donors (Lipinski definition) is 0. The van der Waals surface area contributed by atoms with Gasteiger partial charge in [0.05, 0.1) is 20.3 Å². The molecule has 2 aromatic carbocycles. The van der Waals surface area contributed by atoms with Crippen molar-refractivity contribution >= 4 is 11.8 Å². The number of rotatable bonds is 2. The van der Waals surface area contributed by atoms with E-state index in [9.17, 15) is 5.26 Å². The van der Waals surface area contributed by atoms with E-state index in [2.05, 4.69) is 6.07 Å². The molecule has 0 fully saturated rings. The molecule has 0 N–H and O–H groups in total. The summed E-state index contributed by atoms with van der Waals surface area (Å²) >= 11 is 1.55. The molecule has 0 radical (unpaired) electrons. The fourth-order valence-corrected chi connectivity index (χ4v) is 3.61. The Morgan fingerprint density at radius 2 is 1.90 bits per heavy atom. The van der Waals surface area contributed by atoms with E-state index in [4.69, 9.17) is 9.47 Å². The second-order valence-electron chi connectivity index (χ2n) is 4.39. The van der Waals surface area contributed by atoms with E-state index in [1.54, 1.807) is 26.0 Å². The van der Waals surface area contributed by atoms with Crippen LogP contribution >= 0.6 is 11.8 Å². The van der Waals surface area contributed by atoms with Crippen molar-refractivity contribution in [2.45, 2.75) is 10.1 Å². The standard InChI is InChI=1S/C16H13NO2S/c1-18-12-7-8-13-15(16(12)19-2)11-6-4-3-5-10(11)14(9-17)20-13/h3-8,14H,1-2H3. The maximum atomic E-state index is 9.36. The van der Waals surface area contributed by atoms with E-state index in [1.165, 1.54) is 0 Å². The molecule has 1 atom stereocenters. The lowest BCUT2D eigenvalue weighted by Gasteiger charge is -2.25. The Labute approximate surface area is 122 Å². The lowest BCUT2D eigenvalue weighted by atomic mass is 9.96.